The highest BCUT2D eigenvalue weighted by Gasteiger charge is 2.18. The topological polar surface area (TPSA) is 32.3 Å². The standard InChI is InChI=1S/C15H23NO/c1-12-5-4-6-13(9-12)10-16-15-8-3-2-7-14(15)11-17/h2-3,7-8,12-13,16-17H,4-6,9-11H2,1H3. The van der Waals surface area contributed by atoms with Gasteiger partial charge in [-0.25, -0.2) is 0 Å². The van der Waals surface area contributed by atoms with E-state index in [2.05, 4.69) is 18.3 Å². The number of aliphatic hydroxyl groups is 1. The zero-order valence-corrected chi connectivity index (χ0v) is 10.7. The first-order valence-corrected chi connectivity index (χ1v) is 6.72. The molecule has 1 aromatic rings. The minimum Gasteiger partial charge on any atom is -0.392 e. The van der Waals surface area contributed by atoms with Crippen LogP contribution in [0.3, 0.4) is 0 Å². The second-order valence-electron chi connectivity index (χ2n) is 5.33. The molecule has 2 atom stereocenters. The molecule has 2 heteroatoms. The molecule has 0 amide bonds. The maximum absolute atomic E-state index is 9.26. The average molecular weight is 233 g/mol. The van der Waals surface area contributed by atoms with Gasteiger partial charge in [0.1, 0.15) is 0 Å². The van der Waals surface area contributed by atoms with E-state index >= 15 is 0 Å². The number of nitrogens with one attached hydrogen (secondary N) is 1. The molecule has 0 heterocycles. The molecule has 1 aliphatic carbocycles. The summed E-state index contributed by atoms with van der Waals surface area (Å²) >= 11 is 0. The fraction of sp³-hybridized carbons (Fsp3) is 0.600. The van der Waals surface area contributed by atoms with Crippen molar-refractivity contribution in [1.82, 2.24) is 0 Å². The molecule has 0 radical (unpaired) electrons. The van der Waals surface area contributed by atoms with E-state index in [4.69, 9.17) is 0 Å². The van der Waals surface area contributed by atoms with Crippen molar-refractivity contribution in [2.45, 2.75) is 39.2 Å². The molecule has 2 rings (SSSR count). The number of benzene rings is 1. The second-order valence-corrected chi connectivity index (χ2v) is 5.33. The van der Waals surface area contributed by atoms with E-state index in [0.717, 1.165) is 29.6 Å². The van der Waals surface area contributed by atoms with Crippen LogP contribution < -0.4 is 5.32 Å². The van der Waals surface area contributed by atoms with E-state index in [-0.39, 0.29) is 6.61 Å². The fourth-order valence-electron chi connectivity index (χ4n) is 2.83. The summed E-state index contributed by atoms with van der Waals surface area (Å²) in [4.78, 5) is 0. The van der Waals surface area contributed by atoms with E-state index in [9.17, 15) is 5.11 Å². The van der Waals surface area contributed by atoms with Crippen LogP contribution in [0.1, 0.15) is 38.2 Å². The Morgan fingerprint density at radius 2 is 2.12 bits per heavy atom. The van der Waals surface area contributed by atoms with Gasteiger partial charge in [0.2, 0.25) is 0 Å². The zero-order chi connectivity index (χ0) is 12.1. The van der Waals surface area contributed by atoms with Crippen molar-refractivity contribution in [2.24, 2.45) is 11.8 Å². The van der Waals surface area contributed by atoms with Gasteiger partial charge >= 0.3 is 0 Å². The van der Waals surface area contributed by atoms with Gasteiger partial charge in [-0.05, 0) is 30.7 Å². The lowest BCUT2D eigenvalue weighted by Crippen LogP contribution is -2.21. The van der Waals surface area contributed by atoms with Crippen molar-refractivity contribution >= 4 is 5.69 Å². The predicted octanol–water partition coefficient (Wildman–Crippen LogP) is 3.42. The molecule has 17 heavy (non-hydrogen) atoms. The van der Waals surface area contributed by atoms with Crippen molar-refractivity contribution in [2.75, 3.05) is 11.9 Å². The van der Waals surface area contributed by atoms with Crippen molar-refractivity contribution in [3.05, 3.63) is 29.8 Å². The molecule has 1 saturated carbocycles. The maximum Gasteiger partial charge on any atom is 0.0701 e. The summed E-state index contributed by atoms with van der Waals surface area (Å²) in [7, 11) is 0. The van der Waals surface area contributed by atoms with Crippen LogP contribution in [0, 0.1) is 11.8 Å². The quantitative estimate of drug-likeness (QED) is 0.835. The van der Waals surface area contributed by atoms with Crippen LogP contribution in [-0.2, 0) is 6.61 Å². The third-order valence-corrected chi connectivity index (χ3v) is 3.81. The molecule has 2 N–H and O–H groups in total. The summed E-state index contributed by atoms with van der Waals surface area (Å²) in [6.45, 7) is 3.51. The van der Waals surface area contributed by atoms with Gasteiger partial charge in [0.15, 0.2) is 0 Å². The van der Waals surface area contributed by atoms with Crippen LogP contribution in [-0.4, -0.2) is 11.7 Å². The first-order valence-electron chi connectivity index (χ1n) is 6.72. The Labute approximate surface area is 104 Å². The third-order valence-electron chi connectivity index (χ3n) is 3.81. The lowest BCUT2D eigenvalue weighted by atomic mass is 9.82. The van der Waals surface area contributed by atoms with Crippen LogP contribution in [0.4, 0.5) is 5.69 Å². The Morgan fingerprint density at radius 1 is 1.29 bits per heavy atom. The SMILES string of the molecule is CC1CCCC(CNc2ccccc2CO)C1. The third kappa shape index (κ3) is 3.47. The van der Waals surface area contributed by atoms with E-state index in [1.54, 1.807) is 0 Å². The lowest BCUT2D eigenvalue weighted by molar-refractivity contribution is 0.281. The van der Waals surface area contributed by atoms with E-state index < -0.39 is 0 Å². The molecule has 94 valence electrons. The number of anilines is 1. The Bertz CT molecular complexity index is 351. The van der Waals surface area contributed by atoms with E-state index in [1.165, 1.54) is 25.7 Å². The van der Waals surface area contributed by atoms with Gasteiger partial charge in [-0.3, -0.25) is 0 Å². The Kier molecular flexibility index (Phi) is 4.43. The van der Waals surface area contributed by atoms with E-state index in [0.29, 0.717) is 0 Å². The first kappa shape index (κ1) is 12.4. The van der Waals surface area contributed by atoms with Gasteiger partial charge in [-0.15, -0.1) is 0 Å². The van der Waals surface area contributed by atoms with E-state index in [1.807, 2.05) is 18.2 Å². The number of rotatable bonds is 4. The van der Waals surface area contributed by atoms with Gasteiger partial charge < -0.3 is 10.4 Å². The van der Waals surface area contributed by atoms with Gasteiger partial charge in [0.25, 0.3) is 0 Å². The zero-order valence-electron chi connectivity index (χ0n) is 10.7. The number of hydrogen-bond donors (Lipinski definition) is 2. The van der Waals surface area contributed by atoms with Crippen molar-refractivity contribution < 1.29 is 5.11 Å². The number of aliphatic hydroxyl groups excluding tert-OH is 1. The summed E-state index contributed by atoms with van der Waals surface area (Å²) in [5.41, 5.74) is 2.09. The highest BCUT2D eigenvalue weighted by Crippen LogP contribution is 2.29. The van der Waals surface area contributed by atoms with Gasteiger partial charge in [-0.1, -0.05) is 38.0 Å². The molecular weight excluding hydrogens is 210 g/mol. The monoisotopic (exact) mass is 233 g/mol. The number of para-hydroxylation sites is 1. The molecule has 0 bridgehead atoms. The van der Waals surface area contributed by atoms with Gasteiger partial charge in [-0.2, -0.15) is 0 Å². The van der Waals surface area contributed by atoms with Crippen molar-refractivity contribution in [3.8, 4) is 0 Å². The average Bonchev–Trinajstić information content (AvgIpc) is 2.37. The Balaban J connectivity index is 1.88. The molecule has 0 aliphatic heterocycles. The summed E-state index contributed by atoms with van der Waals surface area (Å²) in [5.74, 6) is 1.68. The molecule has 1 aliphatic rings. The molecule has 1 fully saturated rings. The van der Waals surface area contributed by atoms with Crippen LogP contribution in [0.15, 0.2) is 24.3 Å². The highest BCUT2D eigenvalue weighted by atomic mass is 16.3. The van der Waals surface area contributed by atoms with Gasteiger partial charge in [0, 0.05) is 17.8 Å². The van der Waals surface area contributed by atoms with Crippen LogP contribution in [0.2, 0.25) is 0 Å². The lowest BCUT2D eigenvalue weighted by Gasteiger charge is -2.27. The van der Waals surface area contributed by atoms with Crippen molar-refractivity contribution in [3.63, 3.8) is 0 Å². The molecule has 2 nitrogen and oxygen atoms in total. The fourth-order valence-corrected chi connectivity index (χ4v) is 2.83. The smallest absolute Gasteiger partial charge is 0.0701 e. The maximum atomic E-state index is 9.26. The predicted molar refractivity (Wildman–Crippen MR) is 72.0 cm³/mol. The highest BCUT2D eigenvalue weighted by molar-refractivity contribution is 5.50. The molecule has 2 unspecified atom stereocenters. The summed E-state index contributed by atoms with van der Waals surface area (Å²) < 4.78 is 0. The molecule has 0 aromatic heterocycles. The largest absolute Gasteiger partial charge is 0.392 e. The number of hydrogen-bond acceptors (Lipinski definition) is 2. The Morgan fingerprint density at radius 3 is 2.88 bits per heavy atom. The molecular formula is C15H23NO. The normalized spacial score (nSPS) is 24.6. The van der Waals surface area contributed by atoms with Crippen LogP contribution in [0.5, 0.6) is 0 Å². The second kappa shape index (κ2) is 6.06. The van der Waals surface area contributed by atoms with Gasteiger partial charge in [0.05, 0.1) is 6.61 Å². The van der Waals surface area contributed by atoms with Crippen LogP contribution in [0.25, 0.3) is 0 Å². The minimum atomic E-state index is 0.115. The molecule has 0 saturated heterocycles. The Hall–Kier alpha value is -1.02. The van der Waals surface area contributed by atoms with Crippen LogP contribution >= 0.6 is 0 Å². The summed E-state index contributed by atoms with van der Waals surface area (Å²) in [5, 5.41) is 12.8. The molecule has 1 aromatic carbocycles. The minimum absolute atomic E-state index is 0.115. The first-order chi connectivity index (χ1) is 8.29. The summed E-state index contributed by atoms with van der Waals surface area (Å²) in [6, 6.07) is 8.02. The summed E-state index contributed by atoms with van der Waals surface area (Å²) in [6.07, 6.45) is 5.45. The van der Waals surface area contributed by atoms with Crippen molar-refractivity contribution in [1.29, 1.82) is 0 Å². The molecule has 0 spiro atoms.